The van der Waals surface area contributed by atoms with Gasteiger partial charge >= 0.3 is 5.97 Å². The van der Waals surface area contributed by atoms with Crippen molar-refractivity contribution in [1.29, 1.82) is 0 Å². The molecule has 0 unspecified atom stereocenters. The van der Waals surface area contributed by atoms with Crippen LogP contribution in [0.4, 0.5) is 0 Å². The number of aromatic nitrogens is 1. The van der Waals surface area contributed by atoms with E-state index in [0.29, 0.717) is 18.2 Å². The molecule has 0 N–H and O–H groups in total. The topological polar surface area (TPSA) is 42.4 Å². The zero-order valence-electron chi connectivity index (χ0n) is 9.11. The van der Waals surface area contributed by atoms with E-state index in [2.05, 4.69) is 27.6 Å². The van der Waals surface area contributed by atoms with E-state index in [1.807, 2.05) is 18.0 Å². The Morgan fingerprint density at radius 2 is 2.41 bits per heavy atom. The van der Waals surface area contributed by atoms with Gasteiger partial charge in [0.2, 0.25) is 0 Å². The molecule has 1 aromatic heterocycles. The van der Waals surface area contributed by atoms with Crippen molar-refractivity contribution in [1.82, 2.24) is 9.88 Å². The Balaban J connectivity index is 2.08. The summed E-state index contributed by atoms with van der Waals surface area (Å²) in [6.45, 7) is 0.979. The largest absolute Gasteiger partial charge is 0.456 e. The summed E-state index contributed by atoms with van der Waals surface area (Å²) in [5.74, 6) is -0.286. The van der Waals surface area contributed by atoms with Gasteiger partial charge in [0, 0.05) is 25.9 Å². The molecule has 2 heterocycles. The van der Waals surface area contributed by atoms with Gasteiger partial charge in [0.05, 0.1) is 10.7 Å². The minimum absolute atomic E-state index is 0.286. The Morgan fingerprint density at radius 1 is 1.65 bits per heavy atom. The molecule has 6 heteroatoms. The third-order valence-corrected chi connectivity index (χ3v) is 3.88. The minimum atomic E-state index is -0.286. The second-order valence-corrected chi connectivity index (χ2v) is 5.14. The summed E-state index contributed by atoms with van der Waals surface area (Å²) in [5, 5.41) is 0.643. The first-order chi connectivity index (χ1) is 8.06. The van der Waals surface area contributed by atoms with Gasteiger partial charge in [-0.1, -0.05) is 11.6 Å². The fourth-order valence-corrected chi connectivity index (χ4v) is 1.99. The van der Waals surface area contributed by atoms with Gasteiger partial charge in [-0.2, -0.15) is 0 Å². The quantitative estimate of drug-likeness (QED) is 0.469. The fraction of sp³-hybridized carbons (Fsp3) is 0.273. The molecule has 0 aromatic carbocycles. The first-order valence-electron chi connectivity index (χ1n) is 4.94. The lowest BCUT2D eigenvalue weighted by molar-refractivity contribution is -0.135. The zero-order valence-corrected chi connectivity index (χ0v) is 12.0. The lowest BCUT2D eigenvalue weighted by Gasteiger charge is -2.19. The molecule has 0 saturated heterocycles. The summed E-state index contributed by atoms with van der Waals surface area (Å²) in [4.78, 5) is 17.1. The van der Waals surface area contributed by atoms with E-state index in [1.165, 1.54) is 6.08 Å². The lowest BCUT2D eigenvalue weighted by atomic mass is 10.2. The number of ether oxygens (including phenoxy) is 1. The average Bonchev–Trinajstić information content (AvgIpc) is 2.70. The van der Waals surface area contributed by atoms with E-state index < -0.39 is 0 Å². The standard InChI is InChI=1S/C11H10ClIN2O2/c1-15(8-3-10(16)17-6-8)5-7-2-9(12)11(13)14-4-7/h2-4H,5-6H2,1H3. The third kappa shape index (κ3) is 3.10. The number of hydrogen-bond acceptors (Lipinski definition) is 4. The number of hydrogen-bond donors (Lipinski definition) is 0. The Bertz CT molecular complexity index is 490. The van der Waals surface area contributed by atoms with E-state index in [9.17, 15) is 4.79 Å². The molecule has 1 aliphatic heterocycles. The highest BCUT2D eigenvalue weighted by Gasteiger charge is 2.16. The Morgan fingerprint density at radius 3 is 3.00 bits per heavy atom. The normalized spacial score (nSPS) is 14.5. The number of cyclic esters (lactones) is 1. The summed E-state index contributed by atoms with van der Waals surface area (Å²) in [7, 11) is 1.90. The van der Waals surface area contributed by atoms with Gasteiger partial charge in [0.15, 0.2) is 0 Å². The smallest absolute Gasteiger partial charge is 0.333 e. The van der Waals surface area contributed by atoms with Crippen molar-refractivity contribution in [3.63, 3.8) is 0 Å². The van der Waals surface area contributed by atoms with Crippen LogP contribution in [0.3, 0.4) is 0 Å². The van der Waals surface area contributed by atoms with Crippen LogP contribution in [-0.2, 0) is 16.1 Å². The van der Waals surface area contributed by atoms with Crippen molar-refractivity contribution in [2.24, 2.45) is 0 Å². The Hall–Kier alpha value is -0.820. The summed E-state index contributed by atoms with van der Waals surface area (Å²) >= 11 is 8.08. The van der Waals surface area contributed by atoms with Crippen LogP contribution in [-0.4, -0.2) is 29.5 Å². The van der Waals surface area contributed by atoms with Crippen molar-refractivity contribution < 1.29 is 9.53 Å². The molecular weight excluding hydrogens is 354 g/mol. The number of esters is 1. The predicted octanol–water partition coefficient (Wildman–Crippen LogP) is 2.21. The summed E-state index contributed by atoms with van der Waals surface area (Å²) in [6, 6.07) is 1.88. The van der Waals surface area contributed by atoms with Gasteiger partial charge in [-0.05, 0) is 34.2 Å². The van der Waals surface area contributed by atoms with Crippen molar-refractivity contribution >= 4 is 40.2 Å². The van der Waals surface area contributed by atoms with Gasteiger partial charge in [0.25, 0.3) is 0 Å². The zero-order chi connectivity index (χ0) is 12.4. The molecule has 2 rings (SSSR count). The maximum Gasteiger partial charge on any atom is 0.333 e. The SMILES string of the molecule is CN(Cc1cnc(I)c(Cl)c1)C1=CC(=O)OC1. The first kappa shape index (κ1) is 12.6. The molecule has 1 aromatic rings. The van der Waals surface area contributed by atoms with Crippen LogP contribution in [0, 0.1) is 3.70 Å². The second-order valence-electron chi connectivity index (χ2n) is 3.72. The van der Waals surface area contributed by atoms with E-state index >= 15 is 0 Å². The summed E-state index contributed by atoms with van der Waals surface area (Å²) in [5.41, 5.74) is 1.86. The molecule has 17 heavy (non-hydrogen) atoms. The molecule has 0 radical (unpaired) electrons. The fourth-order valence-electron chi connectivity index (χ4n) is 1.51. The molecule has 90 valence electrons. The number of pyridine rings is 1. The molecule has 0 saturated carbocycles. The molecule has 0 amide bonds. The Kier molecular flexibility index (Phi) is 3.88. The highest BCUT2D eigenvalue weighted by molar-refractivity contribution is 14.1. The van der Waals surface area contributed by atoms with Crippen molar-refractivity contribution in [2.75, 3.05) is 13.7 Å². The van der Waals surface area contributed by atoms with Crippen LogP contribution in [0.1, 0.15) is 5.56 Å². The monoisotopic (exact) mass is 364 g/mol. The summed E-state index contributed by atoms with van der Waals surface area (Å²) < 4.78 is 5.64. The number of likely N-dealkylation sites (N-methyl/N-ethyl adjacent to an activating group) is 1. The van der Waals surface area contributed by atoms with Crippen LogP contribution in [0.5, 0.6) is 0 Å². The molecule has 0 spiro atoms. The summed E-state index contributed by atoms with van der Waals surface area (Å²) in [6.07, 6.45) is 3.28. The van der Waals surface area contributed by atoms with Crippen LogP contribution in [0.15, 0.2) is 24.0 Å². The molecule has 0 atom stereocenters. The highest BCUT2D eigenvalue weighted by Crippen LogP contribution is 2.19. The Labute approximate surface area is 118 Å². The van der Waals surface area contributed by atoms with Crippen LogP contribution in [0.25, 0.3) is 0 Å². The molecular formula is C11H10ClIN2O2. The van der Waals surface area contributed by atoms with Gasteiger partial charge in [0.1, 0.15) is 10.3 Å². The maximum absolute atomic E-state index is 10.9. The van der Waals surface area contributed by atoms with Gasteiger partial charge in [-0.3, -0.25) is 0 Å². The van der Waals surface area contributed by atoms with Gasteiger partial charge < -0.3 is 9.64 Å². The van der Waals surface area contributed by atoms with E-state index in [4.69, 9.17) is 16.3 Å². The molecule has 0 aliphatic carbocycles. The van der Waals surface area contributed by atoms with Crippen LogP contribution < -0.4 is 0 Å². The number of halogens is 2. The maximum atomic E-state index is 10.9. The predicted molar refractivity (Wildman–Crippen MR) is 72.5 cm³/mol. The highest BCUT2D eigenvalue weighted by atomic mass is 127. The van der Waals surface area contributed by atoms with Crippen LogP contribution >= 0.6 is 34.2 Å². The number of rotatable bonds is 3. The van der Waals surface area contributed by atoms with Gasteiger partial charge in [-0.15, -0.1) is 0 Å². The lowest BCUT2D eigenvalue weighted by Crippen LogP contribution is -2.18. The molecule has 0 fully saturated rings. The third-order valence-electron chi connectivity index (χ3n) is 2.41. The van der Waals surface area contributed by atoms with E-state index in [0.717, 1.165) is 15.0 Å². The molecule has 0 bridgehead atoms. The molecule has 4 nitrogen and oxygen atoms in total. The van der Waals surface area contributed by atoms with Gasteiger partial charge in [-0.25, -0.2) is 9.78 Å². The number of carbonyl (C=O) groups excluding carboxylic acids is 1. The van der Waals surface area contributed by atoms with E-state index in [-0.39, 0.29) is 5.97 Å². The number of carbonyl (C=O) groups is 1. The minimum Gasteiger partial charge on any atom is -0.456 e. The average molecular weight is 365 g/mol. The van der Waals surface area contributed by atoms with Crippen molar-refractivity contribution in [3.8, 4) is 0 Å². The first-order valence-corrected chi connectivity index (χ1v) is 6.40. The van der Waals surface area contributed by atoms with Crippen molar-refractivity contribution in [3.05, 3.63) is 38.3 Å². The van der Waals surface area contributed by atoms with Crippen molar-refractivity contribution in [2.45, 2.75) is 6.54 Å². The second kappa shape index (κ2) is 5.22. The van der Waals surface area contributed by atoms with E-state index in [1.54, 1.807) is 6.20 Å². The van der Waals surface area contributed by atoms with Crippen LogP contribution in [0.2, 0.25) is 5.02 Å². The number of nitrogens with zero attached hydrogens (tertiary/aromatic N) is 2. The molecule has 1 aliphatic rings.